The van der Waals surface area contributed by atoms with E-state index < -0.39 is 8.56 Å². The molecule has 0 aliphatic carbocycles. The number of hydrogen-bond donors (Lipinski definition) is 3. The molecule has 0 aromatic heterocycles. The summed E-state index contributed by atoms with van der Waals surface area (Å²) < 4.78 is 0. The van der Waals surface area contributed by atoms with Gasteiger partial charge in [0.05, 0.1) is 0 Å². The summed E-state index contributed by atoms with van der Waals surface area (Å²) in [7, 11) is -1.80. The molecule has 0 atom stereocenters. The highest BCUT2D eigenvalue weighted by molar-refractivity contribution is 6.72. The average Bonchev–Trinajstić information content (AvgIpc) is 1.95. The van der Waals surface area contributed by atoms with Crippen molar-refractivity contribution in [2.45, 2.75) is 79.6 Å². The van der Waals surface area contributed by atoms with Gasteiger partial charge >= 0.3 is 0 Å². The molecule has 0 radical (unpaired) electrons. The number of rotatable bonds is 8. The molecule has 0 aromatic rings. The maximum absolute atomic E-state index is 3.80. The molecule has 0 unspecified atom stereocenters. The summed E-state index contributed by atoms with van der Waals surface area (Å²) in [5.41, 5.74) is 0. The van der Waals surface area contributed by atoms with E-state index in [-0.39, 0.29) is 0 Å². The Balaban J connectivity index is 4.89. The quantitative estimate of drug-likeness (QED) is 0.586. The second-order valence-corrected chi connectivity index (χ2v) is 9.49. The maximum Gasteiger partial charge on any atom is 0.282 e. The van der Waals surface area contributed by atoms with Gasteiger partial charge < -0.3 is 14.9 Å². The van der Waals surface area contributed by atoms with Crippen LogP contribution < -0.4 is 14.9 Å². The van der Waals surface area contributed by atoms with Crippen molar-refractivity contribution in [3.8, 4) is 0 Å². The molecule has 0 fully saturated rings. The molecule has 104 valence electrons. The van der Waals surface area contributed by atoms with E-state index in [2.05, 4.69) is 70.3 Å². The lowest BCUT2D eigenvalue weighted by atomic mass is 10.3. The van der Waals surface area contributed by atoms with Gasteiger partial charge in [0.2, 0.25) is 0 Å². The molecule has 0 rings (SSSR count). The maximum atomic E-state index is 3.80. The van der Waals surface area contributed by atoms with E-state index in [1.165, 1.54) is 6.04 Å². The summed E-state index contributed by atoms with van der Waals surface area (Å²) in [5.74, 6) is 0.699. The molecule has 0 aliphatic rings. The van der Waals surface area contributed by atoms with Gasteiger partial charge in [-0.3, -0.25) is 0 Å². The monoisotopic (exact) mass is 259 g/mol. The third kappa shape index (κ3) is 7.92. The third-order valence-corrected chi connectivity index (χ3v) is 6.96. The van der Waals surface area contributed by atoms with Crippen molar-refractivity contribution in [2.24, 2.45) is 5.92 Å². The minimum Gasteiger partial charge on any atom is -0.311 e. The lowest BCUT2D eigenvalue weighted by molar-refractivity contribution is 0.566. The highest BCUT2D eigenvalue weighted by Gasteiger charge is 2.36. The summed E-state index contributed by atoms with van der Waals surface area (Å²) in [4.78, 5) is 11.4. The van der Waals surface area contributed by atoms with Crippen LogP contribution in [0.1, 0.15) is 55.4 Å². The van der Waals surface area contributed by atoms with Gasteiger partial charge in [0.1, 0.15) is 0 Å². The minimum atomic E-state index is -1.80. The largest absolute Gasteiger partial charge is 0.311 e. The van der Waals surface area contributed by atoms with E-state index in [1.54, 1.807) is 0 Å². The standard InChI is InChI=1S/C13H33N3Si/c1-10(2)9-17(14-11(3)4,15-12(5)6)16-13(7)8/h10-16H,9H2,1-8H3. The normalized spacial score (nSPS) is 13.4. The Labute approximate surface area is 109 Å². The predicted octanol–water partition coefficient (Wildman–Crippen LogP) is 2.58. The summed E-state index contributed by atoms with van der Waals surface area (Å²) in [5, 5.41) is 0. The highest BCUT2D eigenvalue weighted by Crippen LogP contribution is 2.12. The Hall–Kier alpha value is 0.0969. The smallest absolute Gasteiger partial charge is 0.282 e. The second kappa shape index (κ2) is 7.51. The van der Waals surface area contributed by atoms with Crippen LogP contribution >= 0.6 is 0 Å². The Kier molecular flexibility index (Phi) is 7.56. The molecule has 0 spiro atoms. The lowest BCUT2D eigenvalue weighted by Crippen LogP contribution is -2.76. The Bertz CT molecular complexity index is 157. The Morgan fingerprint density at radius 2 is 0.941 bits per heavy atom. The Morgan fingerprint density at radius 3 is 1.12 bits per heavy atom. The van der Waals surface area contributed by atoms with Crippen molar-refractivity contribution < 1.29 is 0 Å². The zero-order chi connectivity index (χ0) is 13.6. The summed E-state index contributed by atoms with van der Waals surface area (Å²) in [6.45, 7) is 18.0. The van der Waals surface area contributed by atoms with Gasteiger partial charge in [0.25, 0.3) is 8.56 Å². The zero-order valence-corrected chi connectivity index (χ0v) is 14.0. The first kappa shape index (κ1) is 17.1. The second-order valence-electron chi connectivity index (χ2n) is 6.40. The van der Waals surface area contributed by atoms with Crippen LogP contribution in [0.15, 0.2) is 0 Å². The summed E-state index contributed by atoms with van der Waals surface area (Å²) in [6.07, 6.45) is 0. The van der Waals surface area contributed by atoms with Gasteiger partial charge in [-0.25, -0.2) is 0 Å². The third-order valence-electron chi connectivity index (χ3n) is 2.32. The van der Waals surface area contributed by atoms with Gasteiger partial charge in [0.15, 0.2) is 0 Å². The molecule has 4 heteroatoms. The molecule has 3 nitrogen and oxygen atoms in total. The fourth-order valence-corrected chi connectivity index (χ4v) is 7.18. The molecule has 0 aromatic carbocycles. The molecule has 0 amide bonds. The lowest BCUT2D eigenvalue weighted by Gasteiger charge is -2.39. The van der Waals surface area contributed by atoms with E-state index >= 15 is 0 Å². The number of hydrogen-bond acceptors (Lipinski definition) is 3. The van der Waals surface area contributed by atoms with Gasteiger partial charge in [-0.2, -0.15) is 0 Å². The van der Waals surface area contributed by atoms with E-state index in [1.807, 2.05) is 0 Å². The molecule has 3 N–H and O–H groups in total. The van der Waals surface area contributed by atoms with Gasteiger partial charge in [-0.1, -0.05) is 55.4 Å². The van der Waals surface area contributed by atoms with Crippen LogP contribution in [0.4, 0.5) is 0 Å². The van der Waals surface area contributed by atoms with Gasteiger partial charge in [-0.15, -0.1) is 0 Å². The van der Waals surface area contributed by atoms with Crippen molar-refractivity contribution in [1.29, 1.82) is 0 Å². The van der Waals surface area contributed by atoms with E-state index in [0.29, 0.717) is 24.0 Å². The van der Waals surface area contributed by atoms with E-state index in [9.17, 15) is 0 Å². The summed E-state index contributed by atoms with van der Waals surface area (Å²) >= 11 is 0. The first-order valence-corrected chi connectivity index (χ1v) is 9.20. The van der Waals surface area contributed by atoms with Crippen molar-refractivity contribution in [3.05, 3.63) is 0 Å². The zero-order valence-electron chi connectivity index (χ0n) is 13.0. The van der Waals surface area contributed by atoms with Crippen LogP contribution in [0, 0.1) is 5.92 Å². The average molecular weight is 260 g/mol. The first-order valence-electron chi connectivity index (χ1n) is 7.00. The fraction of sp³-hybridized carbons (Fsp3) is 1.00. The SMILES string of the molecule is CC(C)C[Si](NC(C)C)(NC(C)C)NC(C)C. The summed E-state index contributed by atoms with van der Waals surface area (Å²) in [6, 6.07) is 2.75. The van der Waals surface area contributed by atoms with E-state index in [0.717, 1.165) is 0 Å². The van der Waals surface area contributed by atoms with Crippen molar-refractivity contribution in [3.63, 3.8) is 0 Å². The molecule has 0 saturated carbocycles. The van der Waals surface area contributed by atoms with Gasteiger partial charge in [0, 0.05) is 0 Å². The van der Waals surface area contributed by atoms with Crippen LogP contribution in [-0.4, -0.2) is 26.7 Å². The van der Waals surface area contributed by atoms with Crippen molar-refractivity contribution in [2.75, 3.05) is 0 Å². The topological polar surface area (TPSA) is 36.1 Å². The highest BCUT2D eigenvalue weighted by atomic mass is 28.4. The fourth-order valence-electron chi connectivity index (χ4n) is 2.39. The Morgan fingerprint density at radius 1 is 0.647 bits per heavy atom. The van der Waals surface area contributed by atoms with Crippen LogP contribution in [0.5, 0.6) is 0 Å². The molecule has 0 saturated heterocycles. The molecule has 0 heterocycles. The minimum absolute atomic E-state index is 0.512. The van der Waals surface area contributed by atoms with Crippen LogP contribution in [0.25, 0.3) is 0 Å². The van der Waals surface area contributed by atoms with Crippen LogP contribution in [0.2, 0.25) is 6.04 Å². The molecular formula is C13H33N3Si. The molecule has 0 bridgehead atoms. The van der Waals surface area contributed by atoms with Crippen molar-refractivity contribution >= 4 is 8.56 Å². The van der Waals surface area contributed by atoms with Gasteiger partial charge in [-0.05, 0) is 30.1 Å². The van der Waals surface area contributed by atoms with Crippen molar-refractivity contribution in [1.82, 2.24) is 14.9 Å². The molecule has 17 heavy (non-hydrogen) atoms. The predicted molar refractivity (Wildman–Crippen MR) is 80.2 cm³/mol. The molecule has 0 aliphatic heterocycles. The first-order chi connectivity index (χ1) is 7.67. The van der Waals surface area contributed by atoms with E-state index in [4.69, 9.17) is 0 Å². The molecular weight excluding hydrogens is 226 g/mol. The number of nitrogens with one attached hydrogen (secondary N) is 3. The van der Waals surface area contributed by atoms with Crippen LogP contribution in [0.3, 0.4) is 0 Å². The van der Waals surface area contributed by atoms with Crippen LogP contribution in [-0.2, 0) is 0 Å².